The SMILES string of the molecule is O=C(CCC(O)CO)O[C@@H]1[C@@H](O)[C@H]2O[C@H]3[C@H](O)[C@@H](O)[C@@H](O[C@H]4[C@H](O)[C@@H](O)[C@@H](O[C@H]5[C@H](O)[C@@H](O)[C@@H](O[C@H]6[C@H](O)[C@@H](O)[C@@H](O[C@H]7[C@H](O)[C@@H](O)[C@@H](O[C@H]1[C@@H](CO)O2)O[C@@H]7CO)O[C@@H]6CO)O[C@@H]5CO)O[C@@H]4CO)O[C@@H]3CO. The lowest BCUT2D eigenvalue weighted by molar-refractivity contribution is -0.404. The number of esters is 1. The lowest BCUT2D eigenvalue weighted by Gasteiger charge is -2.51. The Morgan fingerprint density at radius 2 is 0.568 bits per heavy atom. The third kappa shape index (κ3) is 12.3. The topological polar surface area (TPSA) is 521 Å². The molecule has 22 saturated heterocycles. The predicted octanol–water partition coefficient (Wildman–Crippen LogP) is -13.4. The molecule has 74 heavy (non-hydrogen) atoms. The zero-order chi connectivity index (χ0) is 54.0. The van der Waals surface area contributed by atoms with E-state index >= 15 is 0 Å². The number of aliphatic hydroxyl groups excluding tert-OH is 19. The fraction of sp³-hybridized carbons (Fsp3) is 0.976. The molecular weight excluding hydrogens is 1020 g/mol. The fourth-order valence-corrected chi connectivity index (χ4v) is 9.63. The summed E-state index contributed by atoms with van der Waals surface area (Å²) < 4.78 is 74.3. The van der Waals surface area contributed by atoms with Gasteiger partial charge in [-0.3, -0.25) is 4.79 Å². The smallest absolute Gasteiger partial charge is 0.306 e. The van der Waals surface area contributed by atoms with E-state index in [1.165, 1.54) is 0 Å². The number of hydrogen-bond acceptors (Lipinski definition) is 33. The zero-order valence-corrected chi connectivity index (χ0v) is 39.0. The summed E-state index contributed by atoms with van der Waals surface area (Å²) in [6, 6.07) is 0. The molecule has 33 heteroatoms. The first-order valence-corrected chi connectivity index (χ1v) is 23.7. The third-order valence-electron chi connectivity index (χ3n) is 13.8. The predicted molar refractivity (Wildman–Crippen MR) is 222 cm³/mol. The van der Waals surface area contributed by atoms with Crippen LogP contribution in [0.25, 0.3) is 0 Å². The van der Waals surface area contributed by atoms with Gasteiger partial charge in [0, 0.05) is 6.42 Å². The Morgan fingerprint density at radius 1 is 0.338 bits per heavy atom. The van der Waals surface area contributed by atoms with Crippen LogP contribution in [0.2, 0.25) is 0 Å². The number of hydrogen-bond donors (Lipinski definition) is 19. The van der Waals surface area contributed by atoms with E-state index in [4.69, 9.17) is 61.6 Å². The molecule has 31 atom stereocenters. The van der Waals surface area contributed by atoms with Gasteiger partial charge in [0.25, 0.3) is 0 Å². The normalized spacial score (nSPS) is 51.0. The number of rotatable bonds is 11. The van der Waals surface area contributed by atoms with E-state index in [0.29, 0.717) is 0 Å². The lowest BCUT2D eigenvalue weighted by atomic mass is 9.94. The first-order valence-electron chi connectivity index (χ1n) is 23.7. The molecule has 0 aromatic carbocycles. The molecule has 430 valence electrons. The molecule has 22 heterocycles. The quantitative estimate of drug-likeness (QED) is 0.0854. The van der Waals surface area contributed by atoms with Crippen molar-refractivity contribution in [3.8, 4) is 0 Å². The molecule has 0 radical (unpaired) electrons. The number of aliphatic hydroxyl groups is 19. The van der Waals surface area contributed by atoms with Gasteiger partial charge in [-0.25, -0.2) is 0 Å². The zero-order valence-electron chi connectivity index (χ0n) is 39.0. The Bertz CT molecular complexity index is 1730. The average Bonchev–Trinajstić information content (AvgIpc) is 3.39. The van der Waals surface area contributed by atoms with Gasteiger partial charge in [0.05, 0.1) is 52.4 Å². The van der Waals surface area contributed by atoms with Crippen molar-refractivity contribution >= 4 is 5.97 Å². The highest BCUT2D eigenvalue weighted by molar-refractivity contribution is 5.69. The molecule has 0 saturated carbocycles. The highest BCUT2D eigenvalue weighted by atomic mass is 16.8. The summed E-state index contributed by atoms with van der Waals surface area (Å²) in [6.45, 7) is -7.08. The number of ether oxygens (including phenoxy) is 13. The molecule has 22 fully saturated rings. The molecule has 0 amide bonds. The summed E-state index contributed by atoms with van der Waals surface area (Å²) in [7, 11) is 0. The molecule has 0 aromatic rings. The van der Waals surface area contributed by atoms with Crippen LogP contribution in [0, 0.1) is 0 Å². The Labute approximate surface area is 418 Å². The third-order valence-corrected chi connectivity index (χ3v) is 13.8. The minimum Gasteiger partial charge on any atom is -0.456 e. The van der Waals surface area contributed by atoms with Crippen LogP contribution in [0.1, 0.15) is 12.8 Å². The van der Waals surface area contributed by atoms with Crippen LogP contribution in [-0.4, -0.2) is 340 Å². The van der Waals surface area contributed by atoms with E-state index < -0.39 is 249 Å². The van der Waals surface area contributed by atoms with Gasteiger partial charge < -0.3 is 159 Å². The first kappa shape index (κ1) is 59.9. The molecule has 0 aromatic heterocycles. The second-order valence-electron chi connectivity index (χ2n) is 18.7. The highest BCUT2D eigenvalue weighted by Gasteiger charge is 2.59. The maximum atomic E-state index is 13.2. The average molecular weight is 1090 g/mol. The molecule has 1 unspecified atom stereocenters. The van der Waals surface area contributed by atoms with Crippen LogP contribution in [0.3, 0.4) is 0 Å². The van der Waals surface area contributed by atoms with Gasteiger partial charge in [0.2, 0.25) is 0 Å². The minimum atomic E-state index is -2.26. The molecule has 33 nitrogen and oxygen atoms in total. The van der Waals surface area contributed by atoms with Gasteiger partial charge in [-0.05, 0) is 6.42 Å². The van der Waals surface area contributed by atoms with Gasteiger partial charge in [0.1, 0.15) is 140 Å². The van der Waals surface area contributed by atoms with Crippen LogP contribution in [0.5, 0.6) is 0 Å². The molecule has 22 rings (SSSR count). The van der Waals surface area contributed by atoms with E-state index in [1.807, 2.05) is 0 Å². The molecule has 19 N–H and O–H groups in total. The van der Waals surface area contributed by atoms with Crippen LogP contribution in [0.15, 0.2) is 0 Å². The number of carbonyl (C=O) groups is 1. The Hall–Kier alpha value is -1.77. The van der Waals surface area contributed by atoms with Crippen LogP contribution in [0.4, 0.5) is 0 Å². The molecule has 12 bridgehead atoms. The summed E-state index contributed by atoms with van der Waals surface area (Å²) >= 11 is 0. The van der Waals surface area contributed by atoms with Crippen molar-refractivity contribution in [3.05, 3.63) is 0 Å². The van der Waals surface area contributed by atoms with Gasteiger partial charge in [0.15, 0.2) is 43.8 Å². The van der Waals surface area contributed by atoms with Crippen molar-refractivity contribution < 1.29 is 163 Å². The van der Waals surface area contributed by atoms with Crippen molar-refractivity contribution in [2.24, 2.45) is 0 Å². The van der Waals surface area contributed by atoms with Crippen molar-refractivity contribution in [1.29, 1.82) is 0 Å². The molecule has 0 spiro atoms. The summed E-state index contributed by atoms with van der Waals surface area (Å²) in [6.07, 6.45) is -62.8. The van der Waals surface area contributed by atoms with Crippen molar-refractivity contribution in [2.75, 3.05) is 46.2 Å². The Morgan fingerprint density at radius 3 is 0.811 bits per heavy atom. The Kier molecular flexibility index (Phi) is 21.0. The Balaban J connectivity index is 1.22. The van der Waals surface area contributed by atoms with E-state index in [9.17, 15) is 102 Å². The van der Waals surface area contributed by atoms with E-state index in [0.717, 1.165) is 0 Å². The second kappa shape index (κ2) is 26.0. The second-order valence-corrected chi connectivity index (χ2v) is 18.7. The van der Waals surface area contributed by atoms with Crippen LogP contribution >= 0.6 is 0 Å². The maximum absolute atomic E-state index is 13.2. The van der Waals surface area contributed by atoms with Crippen molar-refractivity contribution in [2.45, 2.75) is 203 Å². The molecule has 0 aliphatic carbocycles. The van der Waals surface area contributed by atoms with E-state index in [1.54, 1.807) is 0 Å². The maximum Gasteiger partial charge on any atom is 0.306 e. The summed E-state index contributed by atoms with van der Waals surface area (Å²) in [5, 5.41) is 207. The van der Waals surface area contributed by atoms with Gasteiger partial charge in [-0.1, -0.05) is 0 Å². The largest absolute Gasteiger partial charge is 0.456 e. The van der Waals surface area contributed by atoms with Gasteiger partial charge >= 0.3 is 5.97 Å². The molecule has 22 aliphatic heterocycles. The lowest BCUT2D eigenvalue weighted by Crippen LogP contribution is -2.69. The first-order chi connectivity index (χ1) is 35.2. The summed E-state index contributed by atoms with van der Waals surface area (Å²) in [5.41, 5.74) is 0. The van der Waals surface area contributed by atoms with Gasteiger partial charge in [-0.2, -0.15) is 0 Å². The van der Waals surface area contributed by atoms with Crippen molar-refractivity contribution in [3.63, 3.8) is 0 Å². The van der Waals surface area contributed by atoms with E-state index in [-0.39, 0.29) is 6.42 Å². The minimum absolute atomic E-state index is 0.377. The van der Waals surface area contributed by atoms with Crippen LogP contribution < -0.4 is 0 Å². The van der Waals surface area contributed by atoms with Gasteiger partial charge in [-0.15, -0.1) is 0 Å². The van der Waals surface area contributed by atoms with Crippen molar-refractivity contribution in [1.82, 2.24) is 0 Å². The van der Waals surface area contributed by atoms with E-state index in [2.05, 4.69) is 0 Å². The molecular formula is C41H68O33. The summed E-state index contributed by atoms with van der Waals surface area (Å²) in [5.74, 6) is -1.18. The monoisotopic (exact) mass is 1090 g/mol. The summed E-state index contributed by atoms with van der Waals surface area (Å²) in [4.78, 5) is 13.2. The fourth-order valence-electron chi connectivity index (χ4n) is 9.63. The standard InChI is InChI=1S/C41H68O33/c42-3-10(49)1-2-17(50)68-35-28(61)41-67-16(9-48)34(35)74-40-27(60)22(55)32(14(7-46)66-40)72-38-25(58)20(53)30(12(5-44)64-38)70-36-23(56)18(51)29(11(4-43)62-36)69-37-24(57)19(52)31(13(6-45)63-37)71-39-26(59)21(54)33(73-41)15(8-47)65-39/h10-16,18-49,51-61H,1-9H2/t10?,11-,12-,13-,14-,15-,16-,18-,19-,20-,21-,22-,23-,24-,25-,26-,27-,28-,29-,30-,31-,32-,33-,34+,35-,36-,37-,38-,39-,40-,41-/m1/s1. The number of carbonyl (C=O) groups excluding carboxylic acids is 1. The highest BCUT2D eigenvalue weighted by Crippen LogP contribution is 2.38. The molecule has 22 aliphatic rings. The van der Waals surface area contributed by atoms with Crippen LogP contribution in [-0.2, 0) is 66.4 Å².